The highest BCUT2D eigenvalue weighted by Gasteiger charge is 2.21. The van der Waals surface area contributed by atoms with Crippen LogP contribution in [0.1, 0.15) is 5.82 Å². The van der Waals surface area contributed by atoms with E-state index < -0.39 is 0 Å². The van der Waals surface area contributed by atoms with E-state index in [0.29, 0.717) is 53.4 Å². The Balaban J connectivity index is 1.50. The predicted molar refractivity (Wildman–Crippen MR) is 114 cm³/mol. The summed E-state index contributed by atoms with van der Waals surface area (Å²) in [7, 11) is 0. The number of nitrogens with zero attached hydrogens (tertiary/aromatic N) is 8. The molecule has 4 aromatic rings. The molecule has 4 aromatic heterocycles. The number of piperazine rings is 1. The van der Waals surface area contributed by atoms with Gasteiger partial charge in [-0.15, -0.1) is 5.10 Å². The maximum Gasteiger partial charge on any atom is 0.344 e. The van der Waals surface area contributed by atoms with Crippen LogP contribution in [-0.4, -0.2) is 71.5 Å². The van der Waals surface area contributed by atoms with Gasteiger partial charge in [-0.2, -0.15) is 9.78 Å². The zero-order valence-electron chi connectivity index (χ0n) is 16.9. The molecule has 0 bridgehead atoms. The molecule has 5 heterocycles. The van der Waals surface area contributed by atoms with Crippen LogP contribution in [0, 0.1) is 6.92 Å². The molecule has 1 fully saturated rings. The third kappa shape index (κ3) is 3.64. The molecule has 1 aliphatic rings. The zero-order valence-corrected chi connectivity index (χ0v) is 16.9. The SMILES string of the molecule is Cc1nc(N)cc(-c2c(Nc3ccn(C(=O)N4CCNCC4)n3)nc3cccnn23)n1. The Morgan fingerprint density at radius 3 is 2.84 bits per heavy atom. The number of hydrogen-bond donors (Lipinski definition) is 3. The fraction of sp³-hybridized carbons (Fsp3) is 0.263. The summed E-state index contributed by atoms with van der Waals surface area (Å²) >= 11 is 0. The number of hydrogen-bond acceptors (Lipinski definition) is 9. The molecule has 1 amide bonds. The average molecular weight is 419 g/mol. The van der Waals surface area contributed by atoms with Crippen molar-refractivity contribution in [2.24, 2.45) is 0 Å². The van der Waals surface area contributed by atoms with Gasteiger partial charge in [0, 0.05) is 50.7 Å². The Morgan fingerprint density at radius 1 is 1.19 bits per heavy atom. The number of nitrogens with one attached hydrogen (secondary N) is 2. The van der Waals surface area contributed by atoms with Crippen LogP contribution in [0.25, 0.3) is 17.0 Å². The van der Waals surface area contributed by atoms with Crippen molar-refractivity contribution >= 4 is 29.1 Å². The van der Waals surface area contributed by atoms with E-state index in [0.717, 1.165) is 13.1 Å². The number of aromatic nitrogens is 7. The molecule has 0 unspecified atom stereocenters. The maximum absolute atomic E-state index is 12.7. The van der Waals surface area contributed by atoms with E-state index in [4.69, 9.17) is 5.73 Å². The lowest BCUT2D eigenvalue weighted by molar-refractivity contribution is 0.188. The van der Waals surface area contributed by atoms with E-state index >= 15 is 0 Å². The fourth-order valence-corrected chi connectivity index (χ4v) is 3.54. The average Bonchev–Trinajstić information content (AvgIpc) is 3.37. The van der Waals surface area contributed by atoms with Gasteiger partial charge in [0.05, 0.1) is 5.69 Å². The molecule has 12 nitrogen and oxygen atoms in total. The van der Waals surface area contributed by atoms with Gasteiger partial charge in [-0.25, -0.2) is 24.3 Å². The van der Waals surface area contributed by atoms with Gasteiger partial charge in [-0.05, 0) is 19.1 Å². The molecular formula is C19H21N11O. The topological polar surface area (TPSA) is 144 Å². The van der Waals surface area contributed by atoms with Crippen LogP contribution in [0.4, 0.5) is 22.2 Å². The van der Waals surface area contributed by atoms with Crippen molar-refractivity contribution in [1.82, 2.24) is 44.6 Å². The van der Waals surface area contributed by atoms with Crippen LogP contribution in [0.15, 0.2) is 36.7 Å². The molecule has 0 saturated carbocycles. The van der Waals surface area contributed by atoms with Crippen LogP contribution in [0.2, 0.25) is 0 Å². The lowest BCUT2D eigenvalue weighted by Gasteiger charge is -2.26. The van der Waals surface area contributed by atoms with Gasteiger partial charge >= 0.3 is 6.03 Å². The predicted octanol–water partition coefficient (Wildman–Crippen LogP) is 0.890. The minimum atomic E-state index is -0.161. The van der Waals surface area contributed by atoms with Gasteiger partial charge in [-0.3, -0.25) is 0 Å². The Hall–Kier alpha value is -4.06. The summed E-state index contributed by atoms with van der Waals surface area (Å²) in [6.45, 7) is 4.62. The maximum atomic E-state index is 12.7. The number of aryl methyl sites for hydroxylation is 1. The highest BCUT2D eigenvalue weighted by atomic mass is 16.2. The molecule has 5 rings (SSSR count). The molecule has 1 saturated heterocycles. The second-order valence-electron chi connectivity index (χ2n) is 7.12. The molecule has 4 N–H and O–H groups in total. The summed E-state index contributed by atoms with van der Waals surface area (Å²) in [5, 5.41) is 15.2. The van der Waals surface area contributed by atoms with Crippen molar-refractivity contribution in [1.29, 1.82) is 0 Å². The van der Waals surface area contributed by atoms with E-state index in [9.17, 15) is 4.79 Å². The highest BCUT2D eigenvalue weighted by Crippen LogP contribution is 2.29. The van der Waals surface area contributed by atoms with Gasteiger partial charge in [0.1, 0.15) is 17.3 Å². The first-order chi connectivity index (χ1) is 15.1. The van der Waals surface area contributed by atoms with Crippen molar-refractivity contribution < 1.29 is 4.79 Å². The number of nitrogen functional groups attached to an aromatic ring is 1. The Bertz CT molecular complexity index is 1230. The van der Waals surface area contributed by atoms with Crippen molar-refractivity contribution in [2.45, 2.75) is 6.92 Å². The Morgan fingerprint density at radius 2 is 2.03 bits per heavy atom. The van der Waals surface area contributed by atoms with E-state index in [-0.39, 0.29) is 6.03 Å². The zero-order chi connectivity index (χ0) is 21.4. The van der Waals surface area contributed by atoms with E-state index in [1.807, 2.05) is 6.07 Å². The standard InChI is InChI=1S/C19H21N11O/c1-12-23-13(11-14(20)24-12)17-18(26-16-3-2-5-22-30(16)17)25-15-4-8-29(27-15)19(31)28-9-6-21-7-10-28/h2-5,8,11,21H,6-7,9-10H2,1H3,(H,25,27)(H2,20,23,24). The van der Waals surface area contributed by atoms with Gasteiger partial charge in [-0.1, -0.05) is 0 Å². The number of nitrogens with two attached hydrogens (primary N) is 1. The van der Waals surface area contributed by atoms with E-state index in [2.05, 4.69) is 35.8 Å². The molecule has 1 aliphatic heterocycles. The third-order valence-corrected chi connectivity index (χ3v) is 4.91. The van der Waals surface area contributed by atoms with E-state index in [1.54, 1.807) is 46.9 Å². The second-order valence-corrected chi connectivity index (χ2v) is 7.12. The highest BCUT2D eigenvalue weighted by molar-refractivity contribution is 5.79. The number of imidazole rings is 1. The van der Waals surface area contributed by atoms with Crippen LogP contribution in [0.3, 0.4) is 0 Å². The number of fused-ring (bicyclic) bond motifs is 1. The minimum Gasteiger partial charge on any atom is -0.384 e. The number of amides is 1. The van der Waals surface area contributed by atoms with Gasteiger partial charge in [0.2, 0.25) is 0 Å². The second kappa shape index (κ2) is 7.65. The van der Waals surface area contributed by atoms with Crippen molar-refractivity contribution in [2.75, 3.05) is 37.2 Å². The summed E-state index contributed by atoms with van der Waals surface area (Å²) in [4.78, 5) is 27.7. The smallest absolute Gasteiger partial charge is 0.344 e. The summed E-state index contributed by atoms with van der Waals surface area (Å²) < 4.78 is 3.00. The lowest BCUT2D eigenvalue weighted by atomic mass is 10.3. The molecule has 0 aromatic carbocycles. The summed E-state index contributed by atoms with van der Waals surface area (Å²) in [6.07, 6.45) is 3.30. The quantitative estimate of drug-likeness (QED) is 0.441. The number of rotatable bonds is 3. The first-order valence-corrected chi connectivity index (χ1v) is 9.86. The third-order valence-electron chi connectivity index (χ3n) is 4.91. The summed E-state index contributed by atoms with van der Waals surface area (Å²) in [6, 6.07) is 6.87. The van der Waals surface area contributed by atoms with Gasteiger partial charge in [0.15, 0.2) is 17.3 Å². The molecule has 31 heavy (non-hydrogen) atoms. The van der Waals surface area contributed by atoms with Crippen LogP contribution >= 0.6 is 0 Å². The van der Waals surface area contributed by atoms with Gasteiger partial charge < -0.3 is 21.3 Å². The normalized spacial score (nSPS) is 14.2. The lowest BCUT2D eigenvalue weighted by Crippen LogP contribution is -2.48. The van der Waals surface area contributed by atoms with Crippen molar-refractivity contribution in [3.63, 3.8) is 0 Å². The summed E-state index contributed by atoms with van der Waals surface area (Å²) in [5.74, 6) is 1.87. The van der Waals surface area contributed by atoms with Gasteiger partial charge in [0.25, 0.3) is 0 Å². The van der Waals surface area contributed by atoms with Crippen molar-refractivity contribution in [3.8, 4) is 11.4 Å². The van der Waals surface area contributed by atoms with Crippen LogP contribution < -0.4 is 16.4 Å². The number of carbonyl (C=O) groups is 1. The molecule has 0 spiro atoms. The molecule has 0 aliphatic carbocycles. The Labute approximate surface area is 177 Å². The molecular weight excluding hydrogens is 398 g/mol. The van der Waals surface area contributed by atoms with E-state index in [1.165, 1.54) is 4.68 Å². The largest absolute Gasteiger partial charge is 0.384 e. The number of anilines is 3. The fourth-order valence-electron chi connectivity index (χ4n) is 3.54. The minimum absolute atomic E-state index is 0.161. The molecule has 158 valence electrons. The molecule has 0 atom stereocenters. The summed E-state index contributed by atoms with van der Waals surface area (Å²) in [5.41, 5.74) is 7.77. The molecule has 0 radical (unpaired) electrons. The Kier molecular flexibility index (Phi) is 4.67. The van der Waals surface area contributed by atoms with Crippen LogP contribution in [0.5, 0.6) is 0 Å². The number of carbonyl (C=O) groups excluding carboxylic acids is 1. The van der Waals surface area contributed by atoms with Crippen molar-refractivity contribution in [3.05, 3.63) is 42.5 Å². The monoisotopic (exact) mass is 419 g/mol. The first kappa shape index (κ1) is 18.9. The van der Waals surface area contributed by atoms with Crippen LogP contribution in [-0.2, 0) is 0 Å². The first-order valence-electron chi connectivity index (χ1n) is 9.86. The molecule has 12 heteroatoms.